The molecule has 0 bridgehead atoms. The normalized spacial score (nSPS) is 11.1. The highest BCUT2D eigenvalue weighted by atomic mass is 32.2. The molecule has 2 heterocycles. The third-order valence-electron chi connectivity index (χ3n) is 5.02. The lowest BCUT2D eigenvalue weighted by Crippen LogP contribution is -2.21. The maximum atomic E-state index is 13.2. The molecule has 172 valence electrons. The molecule has 0 amide bonds. The Morgan fingerprint density at radius 3 is 2.44 bits per heavy atom. The van der Waals surface area contributed by atoms with E-state index < -0.39 is 10.0 Å². The fourth-order valence-corrected chi connectivity index (χ4v) is 4.63. The van der Waals surface area contributed by atoms with Crippen LogP contribution in [-0.2, 0) is 10.0 Å². The Labute approximate surface area is 195 Å². The number of hydrogen-bond acceptors (Lipinski definition) is 8. The summed E-state index contributed by atoms with van der Waals surface area (Å²) in [5.41, 5.74) is 2.03. The Hall–Kier alpha value is -4.43. The highest BCUT2D eigenvalue weighted by Crippen LogP contribution is 2.30. The van der Waals surface area contributed by atoms with Crippen LogP contribution in [0.5, 0.6) is 5.75 Å². The Balaban J connectivity index is 1.78. The molecule has 1 N–H and O–H groups in total. The van der Waals surface area contributed by atoms with Crippen LogP contribution in [0, 0.1) is 25.2 Å². The van der Waals surface area contributed by atoms with E-state index in [1.807, 2.05) is 6.07 Å². The van der Waals surface area contributed by atoms with E-state index in [-0.39, 0.29) is 21.9 Å². The number of aromatic nitrogens is 3. The van der Waals surface area contributed by atoms with Crippen LogP contribution in [0.25, 0.3) is 16.9 Å². The van der Waals surface area contributed by atoms with Gasteiger partial charge < -0.3 is 9.26 Å². The number of hydrogen-bond donors (Lipinski definition) is 1. The second kappa shape index (κ2) is 8.84. The van der Waals surface area contributed by atoms with Crippen LogP contribution in [0.1, 0.15) is 17.0 Å². The summed E-state index contributed by atoms with van der Waals surface area (Å²) < 4.78 is 40.4. The van der Waals surface area contributed by atoms with Crippen molar-refractivity contribution in [1.29, 1.82) is 5.26 Å². The number of sulfonamides is 1. The number of anilines is 1. The van der Waals surface area contributed by atoms with Gasteiger partial charge in [-0.15, -0.1) is 0 Å². The first-order chi connectivity index (χ1) is 16.2. The molecule has 0 saturated carbocycles. The van der Waals surface area contributed by atoms with Gasteiger partial charge in [0.1, 0.15) is 22.0 Å². The lowest BCUT2D eigenvalue weighted by atomic mass is 10.1. The second-order valence-electron chi connectivity index (χ2n) is 7.30. The summed E-state index contributed by atoms with van der Waals surface area (Å²) in [6, 6.07) is 15.4. The van der Waals surface area contributed by atoms with Crippen molar-refractivity contribution < 1.29 is 17.7 Å². The fraction of sp³-hybridized carbons (Fsp3) is 0.130. The van der Waals surface area contributed by atoms with Gasteiger partial charge in [0.25, 0.3) is 15.6 Å². The molecule has 0 atom stereocenters. The van der Waals surface area contributed by atoms with Crippen molar-refractivity contribution in [1.82, 2.24) is 14.9 Å². The lowest BCUT2D eigenvalue weighted by Gasteiger charge is -2.13. The number of aryl methyl sites for hydroxylation is 2. The van der Waals surface area contributed by atoms with Gasteiger partial charge in [0, 0.05) is 17.3 Å². The number of rotatable bonds is 6. The van der Waals surface area contributed by atoms with E-state index in [1.54, 1.807) is 19.9 Å². The van der Waals surface area contributed by atoms with Gasteiger partial charge in [0.2, 0.25) is 0 Å². The molecule has 0 fully saturated rings. The highest BCUT2D eigenvalue weighted by molar-refractivity contribution is 7.92. The van der Waals surface area contributed by atoms with Gasteiger partial charge in [-0.25, -0.2) is 8.42 Å². The van der Waals surface area contributed by atoms with Crippen molar-refractivity contribution in [2.75, 3.05) is 11.8 Å². The summed E-state index contributed by atoms with van der Waals surface area (Å²) in [6.07, 6.45) is 0. The van der Waals surface area contributed by atoms with E-state index in [4.69, 9.17) is 14.5 Å². The summed E-state index contributed by atoms with van der Waals surface area (Å²) in [6.45, 7) is 3.36. The maximum absolute atomic E-state index is 13.2. The topological polar surface area (TPSA) is 140 Å². The van der Waals surface area contributed by atoms with E-state index in [0.29, 0.717) is 34.0 Å². The molecule has 0 aliphatic heterocycles. The zero-order valence-corrected chi connectivity index (χ0v) is 19.3. The van der Waals surface area contributed by atoms with Gasteiger partial charge in [-0.05, 0) is 62.4 Å². The molecule has 0 spiro atoms. The van der Waals surface area contributed by atoms with Crippen molar-refractivity contribution in [3.63, 3.8) is 0 Å². The molecule has 2 aromatic carbocycles. The number of nitriles is 1. The summed E-state index contributed by atoms with van der Waals surface area (Å²) in [4.78, 5) is 12.3. The summed E-state index contributed by atoms with van der Waals surface area (Å²) in [7, 11) is -2.69. The first-order valence-electron chi connectivity index (χ1n) is 9.98. The molecular formula is C23H19N5O5S. The maximum Gasteiger partial charge on any atom is 0.271 e. The zero-order valence-electron chi connectivity index (χ0n) is 18.4. The van der Waals surface area contributed by atoms with Gasteiger partial charge in [0.05, 0.1) is 24.4 Å². The SMILES string of the molecule is COc1ccc(-c2ccc(=O)n(-c3c(C)noc3C)n2)cc1S(=O)(=O)Nc1ccc(C#N)cc1. The number of benzene rings is 2. The molecule has 11 heteroatoms. The molecule has 4 aromatic rings. The third-order valence-corrected chi connectivity index (χ3v) is 6.43. The molecule has 0 radical (unpaired) electrons. The average Bonchev–Trinajstić information content (AvgIpc) is 3.17. The van der Waals surface area contributed by atoms with E-state index in [9.17, 15) is 13.2 Å². The minimum Gasteiger partial charge on any atom is -0.495 e. The van der Waals surface area contributed by atoms with Crippen LogP contribution in [0.2, 0.25) is 0 Å². The van der Waals surface area contributed by atoms with Crippen LogP contribution in [0.15, 0.2) is 68.8 Å². The molecule has 0 aliphatic rings. The van der Waals surface area contributed by atoms with Gasteiger partial charge in [-0.3, -0.25) is 9.52 Å². The molecule has 34 heavy (non-hydrogen) atoms. The summed E-state index contributed by atoms with van der Waals surface area (Å²) in [5.74, 6) is 0.554. The Morgan fingerprint density at radius 2 is 1.82 bits per heavy atom. The smallest absolute Gasteiger partial charge is 0.271 e. The summed E-state index contributed by atoms with van der Waals surface area (Å²) in [5, 5.41) is 17.2. The molecule has 0 aliphatic carbocycles. The standard InChI is InChI=1S/C23H19N5O5S/c1-14-23(15(2)33-26-14)28-22(29)11-9-19(25-28)17-6-10-20(32-3)21(12-17)34(30,31)27-18-7-4-16(13-24)5-8-18/h4-12,27H,1-3H3. The second-order valence-corrected chi connectivity index (χ2v) is 8.95. The van der Waals surface area contributed by atoms with Crippen molar-refractivity contribution in [2.24, 2.45) is 0 Å². The molecular weight excluding hydrogens is 458 g/mol. The molecule has 0 saturated heterocycles. The van der Waals surface area contributed by atoms with Crippen molar-refractivity contribution in [3.05, 3.63) is 82.0 Å². The van der Waals surface area contributed by atoms with Crippen LogP contribution in [-0.4, -0.2) is 30.5 Å². The monoisotopic (exact) mass is 477 g/mol. The molecule has 2 aromatic heterocycles. The average molecular weight is 478 g/mol. The van der Waals surface area contributed by atoms with Crippen LogP contribution in [0.4, 0.5) is 5.69 Å². The fourth-order valence-electron chi connectivity index (χ4n) is 3.37. The highest BCUT2D eigenvalue weighted by Gasteiger charge is 2.22. The van der Waals surface area contributed by atoms with Gasteiger partial charge in [-0.1, -0.05) is 5.16 Å². The minimum absolute atomic E-state index is 0.117. The van der Waals surface area contributed by atoms with Crippen molar-refractivity contribution >= 4 is 15.7 Å². The Bertz CT molecular complexity index is 1560. The van der Waals surface area contributed by atoms with Crippen molar-refractivity contribution in [3.8, 4) is 28.8 Å². The largest absolute Gasteiger partial charge is 0.495 e. The number of nitrogens with zero attached hydrogens (tertiary/aromatic N) is 4. The van der Waals surface area contributed by atoms with E-state index in [2.05, 4.69) is 15.0 Å². The number of methoxy groups -OCH3 is 1. The quantitative estimate of drug-likeness (QED) is 0.446. The van der Waals surface area contributed by atoms with Crippen LogP contribution >= 0.6 is 0 Å². The minimum atomic E-state index is -4.06. The van der Waals surface area contributed by atoms with E-state index >= 15 is 0 Å². The molecule has 0 unspecified atom stereocenters. The first kappa shape index (κ1) is 22.8. The molecule has 4 rings (SSSR count). The van der Waals surface area contributed by atoms with Gasteiger partial charge >= 0.3 is 0 Å². The van der Waals surface area contributed by atoms with E-state index in [1.165, 1.54) is 60.3 Å². The van der Waals surface area contributed by atoms with Gasteiger partial charge in [0.15, 0.2) is 5.76 Å². The predicted molar refractivity (Wildman–Crippen MR) is 123 cm³/mol. The van der Waals surface area contributed by atoms with Crippen LogP contribution < -0.4 is 15.0 Å². The summed E-state index contributed by atoms with van der Waals surface area (Å²) >= 11 is 0. The zero-order chi connectivity index (χ0) is 24.5. The van der Waals surface area contributed by atoms with Crippen molar-refractivity contribution in [2.45, 2.75) is 18.7 Å². The van der Waals surface area contributed by atoms with Gasteiger partial charge in [-0.2, -0.15) is 15.0 Å². The Morgan fingerprint density at radius 1 is 1.09 bits per heavy atom. The molecule has 10 nitrogen and oxygen atoms in total. The predicted octanol–water partition coefficient (Wildman–Crippen LogP) is 3.19. The van der Waals surface area contributed by atoms with Crippen LogP contribution in [0.3, 0.4) is 0 Å². The number of ether oxygens (including phenoxy) is 1. The lowest BCUT2D eigenvalue weighted by molar-refractivity contribution is 0.392. The number of nitrogens with one attached hydrogen (secondary N) is 1. The van der Waals surface area contributed by atoms with E-state index in [0.717, 1.165) is 0 Å². The third kappa shape index (κ3) is 4.26. The Kier molecular flexibility index (Phi) is 5.91. The first-order valence-corrected chi connectivity index (χ1v) is 11.5.